The second-order valence-electron chi connectivity index (χ2n) is 4.19. The molecule has 1 aromatic heterocycles. The molecule has 0 saturated heterocycles. The average Bonchev–Trinajstić information content (AvgIpc) is 2.35. The van der Waals surface area contributed by atoms with E-state index >= 15 is 0 Å². The van der Waals surface area contributed by atoms with Crippen LogP contribution in [0.1, 0.15) is 25.5 Å². The molecule has 1 aromatic rings. The van der Waals surface area contributed by atoms with Crippen LogP contribution in [-0.4, -0.2) is 30.7 Å². The highest BCUT2D eigenvalue weighted by atomic mass is 16.5. The molecule has 0 aromatic carbocycles. The van der Waals surface area contributed by atoms with Crippen molar-refractivity contribution in [2.75, 3.05) is 13.7 Å². The number of ether oxygens (including phenoxy) is 2. The number of carbonyl (C=O) groups is 1. The monoisotopic (exact) mass is 252 g/mol. The Morgan fingerprint density at radius 3 is 2.83 bits per heavy atom. The van der Waals surface area contributed by atoms with Gasteiger partial charge >= 0.3 is 5.97 Å². The van der Waals surface area contributed by atoms with Crippen LogP contribution in [0.25, 0.3) is 0 Å². The minimum atomic E-state index is -0.219. The fourth-order valence-corrected chi connectivity index (χ4v) is 1.46. The maximum Gasteiger partial charge on any atom is 0.305 e. The fourth-order valence-electron chi connectivity index (χ4n) is 1.46. The molecule has 0 radical (unpaired) electrons. The summed E-state index contributed by atoms with van der Waals surface area (Å²) in [5.41, 5.74) is 6.64. The zero-order valence-corrected chi connectivity index (χ0v) is 10.9. The van der Waals surface area contributed by atoms with Crippen LogP contribution in [0.3, 0.4) is 0 Å². The molecule has 5 nitrogen and oxygen atoms in total. The minimum absolute atomic E-state index is 0.101. The van der Waals surface area contributed by atoms with Crippen LogP contribution in [0, 0.1) is 0 Å². The summed E-state index contributed by atoms with van der Waals surface area (Å²) >= 11 is 0. The van der Waals surface area contributed by atoms with E-state index in [9.17, 15) is 4.79 Å². The number of rotatable bonds is 7. The molecule has 0 aliphatic rings. The van der Waals surface area contributed by atoms with Gasteiger partial charge in [0.25, 0.3) is 0 Å². The Bertz CT molecular complexity index is 363. The lowest BCUT2D eigenvalue weighted by Gasteiger charge is -2.07. The van der Waals surface area contributed by atoms with Crippen molar-refractivity contribution in [2.24, 2.45) is 5.73 Å². The number of pyridine rings is 1. The van der Waals surface area contributed by atoms with Gasteiger partial charge in [-0.2, -0.15) is 0 Å². The fraction of sp³-hybridized carbons (Fsp3) is 0.538. The number of methoxy groups -OCH3 is 1. The van der Waals surface area contributed by atoms with E-state index in [0.29, 0.717) is 25.2 Å². The predicted octanol–water partition coefficient (Wildman–Crippen LogP) is 1.30. The van der Waals surface area contributed by atoms with Crippen LogP contribution in [0.4, 0.5) is 0 Å². The van der Waals surface area contributed by atoms with E-state index in [-0.39, 0.29) is 12.0 Å². The molecule has 18 heavy (non-hydrogen) atoms. The quantitative estimate of drug-likeness (QED) is 0.585. The number of hydrogen-bond donors (Lipinski definition) is 1. The van der Waals surface area contributed by atoms with Crippen molar-refractivity contribution >= 4 is 5.97 Å². The highest BCUT2D eigenvalue weighted by molar-refractivity contribution is 5.68. The van der Waals surface area contributed by atoms with Crippen LogP contribution >= 0.6 is 0 Å². The number of nitrogens with two attached hydrogens (primary N) is 1. The van der Waals surface area contributed by atoms with Gasteiger partial charge in [0.2, 0.25) is 0 Å². The Kier molecular flexibility index (Phi) is 6.14. The van der Waals surface area contributed by atoms with Crippen LogP contribution in [0.5, 0.6) is 5.75 Å². The zero-order valence-electron chi connectivity index (χ0n) is 10.9. The molecule has 0 bridgehead atoms. The Hall–Kier alpha value is -1.62. The van der Waals surface area contributed by atoms with E-state index in [1.54, 1.807) is 6.20 Å². The van der Waals surface area contributed by atoms with Gasteiger partial charge in [-0.05, 0) is 25.5 Å². The smallest absolute Gasteiger partial charge is 0.305 e. The number of esters is 1. The molecule has 0 fully saturated rings. The third-order valence-corrected chi connectivity index (χ3v) is 2.35. The van der Waals surface area contributed by atoms with Crippen LogP contribution in [0.2, 0.25) is 0 Å². The van der Waals surface area contributed by atoms with Gasteiger partial charge < -0.3 is 15.2 Å². The predicted molar refractivity (Wildman–Crippen MR) is 68.3 cm³/mol. The Balaban J connectivity index is 2.28. The molecule has 0 aliphatic carbocycles. The van der Waals surface area contributed by atoms with Gasteiger partial charge in [0.15, 0.2) is 0 Å². The third kappa shape index (κ3) is 5.63. The summed E-state index contributed by atoms with van der Waals surface area (Å²) in [4.78, 5) is 15.1. The van der Waals surface area contributed by atoms with E-state index in [4.69, 9.17) is 10.5 Å². The maximum absolute atomic E-state index is 10.9. The molecule has 0 amide bonds. The van der Waals surface area contributed by atoms with Crippen molar-refractivity contribution in [1.29, 1.82) is 0 Å². The summed E-state index contributed by atoms with van der Waals surface area (Å²) in [6.07, 6.45) is 3.43. The van der Waals surface area contributed by atoms with E-state index in [1.807, 2.05) is 19.1 Å². The SMILES string of the molecule is COC(=O)CCCOc1ccc(CC(C)N)nc1. The molecule has 2 N–H and O–H groups in total. The molecule has 1 heterocycles. The van der Waals surface area contributed by atoms with Crippen molar-refractivity contribution in [3.05, 3.63) is 24.0 Å². The van der Waals surface area contributed by atoms with E-state index in [2.05, 4.69) is 9.72 Å². The number of nitrogens with zero attached hydrogens (tertiary/aromatic N) is 1. The van der Waals surface area contributed by atoms with Crippen LogP contribution in [-0.2, 0) is 16.0 Å². The standard InChI is InChI=1S/C13H20N2O3/c1-10(14)8-11-5-6-12(9-15-11)18-7-3-4-13(16)17-2/h5-6,9-10H,3-4,7-8,14H2,1-2H3. The first kappa shape index (κ1) is 14.4. The minimum Gasteiger partial charge on any atom is -0.492 e. The molecular weight excluding hydrogens is 232 g/mol. The Labute approximate surface area is 107 Å². The first-order valence-corrected chi connectivity index (χ1v) is 6.02. The van der Waals surface area contributed by atoms with Crippen LogP contribution in [0.15, 0.2) is 18.3 Å². The summed E-state index contributed by atoms with van der Waals surface area (Å²) in [5, 5.41) is 0. The van der Waals surface area contributed by atoms with Gasteiger partial charge in [-0.3, -0.25) is 9.78 Å². The summed E-state index contributed by atoms with van der Waals surface area (Å²) < 4.78 is 10.00. The van der Waals surface area contributed by atoms with E-state index in [1.165, 1.54) is 7.11 Å². The highest BCUT2D eigenvalue weighted by Gasteiger charge is 2.02. The van der Waals surface area contributed by atoms with Gasteiger partial charge in [0.05, 0.1) is 19.9 Å². The Morgan fingerprint density at radius 2 is 2.28 bits per heavy atom. The first-order chi connectivity index (χ1) is 8.61. The normalized spacial score (nSPS) is 11.9. The lowest BCUT2D eigenvalue weighted by Crippen LogP contribution is -2.18. The van der Waals surface area contributed by atoms with Crippen molar-refractivity contribution < 1.29 is 14.3 Å². The van der Waals surface area contributed by atoms with Gasteiger partial charge in [-0.15, -0.1) is 0 Å². The maximum atomic E-state index is 10.9. The number of aromatic nitrogens is 1. The van der Waals surface area contributed by atoms with E-state index in [0.717, 1.165) is 12.1 Å². The number of hydrogen-bond acceptors (Lipinski definition) is 5. The largest absolute Gasteiger partial charge is 0.492 e. The second kappa shape index (κ2) is 7.66. The molecule has 1 unspecified atom stereocenters. The molecule has 5 heteroatoms. The Morgan fingerprint density at radius 1 is 1.50 bits per heavy atom. The third-order valence-electron chi connectivity index (χ3n) is 2.35. The summed E-state index contributed by atoms with van der Waals surface area (Å²) in [6, 6.07) is 3.87. The van der Waals surface area contributed by atoms with Crippen molar-refractivity contribution in [3.8, 4) is 5.75 Å². The van der Waals surface area contributed by atoms with Gasteiger partial charge in [0.1, 0.15) is 5.75 Å². The number of carbonyl (C=O) groups excluding carboxylic acids is 1. The lowest BCUT2D eigenvalue weighted by atomic mass is 10.2. The molecular formula is C13H20N2O3. The van der Waals surface area contributed by atoms with Gasteiger partial charge in [-0.1, -0.05) is 0 Å². The average molecular weight is 252 g/mol. The van der Waals surface area contributed by atoms with Gasteiger partial charge in [0, 0.05) is 24.6 Å². The van der Waals surface area contributed by atoms with E-state index < -0.39 is 0 Å². The van der Waals surface area contributed by atoms with Crippen molar-refractivity contribution in [2.45, 2.75) is 32.2 Å². The molecule has 0 saturated carbocycles. The lowest BCUT2D eigenvalue weighted by molar-refractivity contribution is -0.140. The molecule has 100 valence electrons. The second-order valence-corrected chi connectivity index (χ2v) is 4.19. The zero-order chi connectivity index (χ0) is 13.4. The molecule has 0 aliphatic heterocycles. The van der Waals surface area contributed by atoms with Crippen LogP contribution < -0.4 is 10.5 Å². The summed E-state index contributed by atoms with van der Waals surface area (Å²) in [6.45, 7) is 2.42. The summed E-state index contributed by atoms with van der Waals surface area (Å²) in [5.74, 6) is 0.484. The summed E-state index contributed by atoms with van der Waals surface area (Å²) in [7, 11) is 1.38. The molecule has 1 rings (SSSR count). The highest BCUT2D eigenvalue weighted by Crippen LogP contribution is 2.10. The first-order valence-electron chi connectivity index (χ1n) is 6.02. The topological polar surface area (TPSA) is 74.4 Å². The molecule has 1 atom stereocenters. The molecule has 0 spiro atoms. The van der Waals surface area contributed by atoms with Crippen molar-refractivity contribution in [3.63, 3.8) is 0 Å². The van der Waals surface area contributed by atoms with Gasteiger partial charge in [-0.25, -0.2) is 0 Å². The van der Waals surface area contributed by atoms with Crippen molar-refractivity contribution in [1.82, 2.24) is 4.98 Å².